The van der Waals surface area contributed by atoms with Crippen LogP contribution in [-0.2, 0) is 6.54 Å². The van der Waals surface area contributed by atoms with Crippen molar-refractivity contribution in [1.29, 1.82) is 0 Å². The van der Waals surface area contributed by atoms with E-state index in [1.807, 2.05) is 12.1 Å². The van der Waals surface area contributed by atoms with Crippen molar-refractivity contribution in [3.63, 3.8) is 0 Å². The SMILES string of the molecule is CCN(CC(N)=S)Cc1cc(Br)ccc1OC. The van der Waals surface area contributed by atoms with E-state index in [4.69, 9.17) is 22.7 Å². The summed E-state index contributed by atoms with van der Waals surface area (Å²) in [5.74, 6) is 0.884. The molecule has 0 unspecified atom stereocenters. The smallest absolute Gasteiger partial charge is 0.123 e. The monoisotopic (exact) mass is 316 g/mol. The minimum atomic E-state index is 0.515. The number of halogens is 1. The molecule has 3 nitrogen and oxygen atoms in total. The van der Waals surface area contributed by atoms with E-state index in [2.05, 4.69) is 33.8 Å². The first-order chi connectivity index (χ1) is 8.06. The van der Waals surface area contributed by atoms with Crippen molar-refractivity contribution in [3.8, 4) is 5.75 Å². The Hall–Kier alpha value is -0.650. The van der Waals surface area contributed by atoms with Crippen molar-refractivity contribution in [3.05, 3.63) is 28.2 Å². The second-order valence-electron chi connectivity index (χ2n) is 3.73. The van der Waals surface area contributed by atoms with Gasteiger partial charge in [-0.1, -0.05) is 35.1 Å². The van der Waals surface area contributed by atoms with E-state index >= 15 is 0 Å². The molecule has 0 spiro atoms. The molecule has 2 N–H and O–H groups in total. The number of nitrogens with two attached hydrogens (primary N) is 1. The highest BCUT2D eigenvalue weighted by molar-refractivity contribution is 9.10. The van der Waals surface area contributed by atoms with Gasteiger partial charge >= 0.3 is 0 Å². The van der Waals surface area contributed by atoms with Gasteiger partial charge in [0.15, 0.2) is 0 Å². The van der Waals surface area contributed by atoms with Gasteiger partial charge in [0.1, 0.15) is 5.75 Å². The maximum absolute atomic E-state index is 5.57. The number of ether oxygens (including phenoxy) is 1. The summed E-state index contributed by atoms with van der Waals surface area (Å²) in [6.07, 6.45) is 0. The minimum absolute atomic E-state index is 0.515. The lowest BCUT2D eigenvalue weighted by molar-refractivity contribution is 0.312. The maximum Gasteiger partial charge on any atom is 0.123 e. The van der Waals surface area contributed by atoms with Crippen LogP contribution in [0.1, 0.15) is 12.5 Å². The quantitative estimate of drug-likeness (QED) is 0.819. The number of hydrogen-bond donors (Lipinski definition) is 1. The topological polar surface area (TPSA) is 38.5 Å². The van der Waals surface area contributed by atoms with E-state index in [1.54, 1.807) is 7.11 Å². The molecule has 1 aromatic rings. The molecule has 1 rings (SSSR count). The summed E-state index contributed by atoms with van der Waals surface area (Å²) < 4.78 is 6.38. The second-order valence-corrected chi connectivity index (χ2v) is 5.17. The van der Waals surface area contributed by atoms with Crippen LogP contribution in [-0.4, -0.2) is 30.1 Å². The molecule has 94 valence electrons. The molecule has 17 heavy (non-hydrogen) atoms. The molecule has 0 heterocycles. The van der Waals surface area contributed by atoms with Crippen LogP contribution >= 0.6 is 28.1 Å². The fourth-order valence-electron chi connectivity index (χ4n) is 1.61. The van der Waals surface area contributed by atoms with E-state index in [0.717, 1.165) is 28.9 Å². The summed E-state index contributed by atoms with van der Waals surface area (Å²) in [5.41, 5.74) is 6.70. The van der Waals surface area contributed by atoms with Gasteiger partial charge in [-0.15, -0.1) is 0 Å². The van der Waals surface area contributed by atoms with Crippen LogP contribution in [0.4, 0.5) is 0 Å². The third-order valence-electron chi connectivity index (χ3n) is 2.46. The van der Waals surface area contributed by atoms with Crippen molar-refractivity contribution in [2.45, 2.75) is 13.5 Å². The van der Waals surface area contributed by atoms with Crippen LogP contribution in [0.3, 0.4) is 0 Å². The van der Waals surface area contributed by atoms with Gasteiger partial charge in [0, 0.05) is 23.1 Å². The minimum Gasteiger partial charge on any atom is -0.496 e. The zero-order valence-electron chi connectivity index (χ0n) is 10.1. The molecular weight excluding hydrogens is 300 g/mol. The van der Waals surface area contributed by atoms with Crippen LogP contribution in [0.5, 0.6) is 5.75 Å². The van der Waals surface area contributed by atoms with E-state index in [1.165, 1.54) is 0 Å². The molecule has 0 aliphatic rings. The molecule has 0 atom stereocenters. The van der Waals surface area contributed by atoms with Crippen molar-refractivity contribution in [2.24, 2.45) is 5.73 Å². The first-order valence-corrected chi connectivity index (χ1v) is 6.60. The Bertz CT molecular complexity index is 398. The van der Waals surface area contributed by atoms with Gasteiger partial charge in [-0.3, -0.25) is 4.90 Å². The molecule has 0 aromatic heterocycles. The molecule has 0 bridgehead atoms. The van der Waals surface area contributed by atoms with E-state index in [9.17, 15) is 0 Å². The molecular formula is C12H17BrN2OS. The molecule has 0 aliphatic heterocycles. The molecule has 0 amide bonds. The lowest BCUT2D eigenvalue weighted by Gasteiger charge is -2.21. The third kappa shape index (κ3) is 4.61. The van der Waals surface area contributed by atoms with Gasteiger partial charge < -0.3 is 10.5 Å². The van der Waals surface area contributed by atoms with Crippen molar-refractivity contribution >= 4 is 33.1 Å². The van der Waals surface area contributed by atoms with Crippen LogP contribution in [0.2, 0.25) is 0 Å². The van der Waals surface area contributed by atoms with Crippen LogP contribution < -0.4 is 10.5 Å². The average molecular weight is 317 g/mol. The highest BCUT2D eigenvalue weighted by Crippen LogP contribution is 2.24. The maximum atomic E-state index is 5.57. The largest absolute Gasteiger partial charge is 0.496 e. The van der Waals surface area contributed by atoms with Gasteiger partial charge in [-0.25, -0.2) is 0 Å². The predicted octanol–water partition coefficient (Wildman–Crippen LogP) is 2.57. The second kappa shape index (κ2) is 6.93. The predicted molar refractivity (Wildman–Crippen MR) is 78.4 cm³/mol. The van der Waals surface area contributed by atoms with E-state index < -0.39 is 0 Å². The van der Waals surface area contributed by atoms with Gasteiger partial charge in [0.05, 0.1) is 12.1 Å². The van der Waals surface area contributed by atoms with Gasteiger partial charge in [-0.2, -0.15) is 0 Å². The first kappa shape index (κ1) is 14.4. The summed E-state index contributed by atoms with van der Waals surface area (Å²) in [6.45, 7) is 4.38. The number of benzene rings is 1. The van der Waals surface area contributed by atoms with Gasteiger partial charge in [-0.05, 0) is 24.7 Å². The summed E-state index contributed by atoms with van der Waals surface area (Å²) in [6, 6.07) is 5.97. The highest BCUT2D eigenvalue weighted by Gasteiger charge is 2.09. The molecule has 1 aromatic carbocycles. The first-order valence-electron chi connectivity index (χ1n) is 5.40. The number of methoxy groups -OCH3 is 1. The molecule has 5 heteroatoms. The normalized spacial score (nSPS) is 10.6. The Balaban J connectivity index is 2.84. The van der Waals surface area contributed by atoms with Gasteiger partial charge in [0.25, 0.3) is 0 Å². The summed E-state index contributed by atoms with van der Waals surface area (Å²) >= 11 is 8.40. The molecule has 0 fully saturated rings. The molecule has 0 saturated heterocycles. The fraction of sp³-hybridized carbons (Fsp3) is 0.417. The lowest BCUT2D eigenvalue weighted by Crippen LogP contribution is -2.32. The zero-order valence-corrected chi connectivity index (χ0v) is 12.5. The van der Waals surface area contributed by atoms with Crippen molar-refractivity contribution in [1.82, 2.24) is 4.90 Å². The fourth-order valence-corrected chi connectivity index (χ4v) is 2.20. The van der Waals surface area contributed by atoms with Crippen LogP contribution in [0, 0.1) is 0 Å². The molecule has 0 aliphatic carbocycles. The Morgan fingerprint density at radius 2 is 2.24 bits per heavy atom. The highest BCUT2D eigenvalue weighted by atomic mass is 79.9. The Morgan fingerprint density at radius 1 is 1.53 bits per heavy atom. The van der Waals surface area contributed by atoms with E-state index in [0.29, 0.717) is 11.5 Å². The van der Waals surface area contributed by atoms with Crippen molar-refractivity contribution in [2.75, 3.05) is 20.2 Å². The lowest BCUT2D eigenvalue weighted by atomic mass is 10.2. The number of likely N-dealkylation sites (N-methyl/N-ethyl adjacent to an activating group) is 1. The van der Waals surface area contributed by atoms with E-state index in [-0.39, 0.29) is 0 Å². The average Bonchev–Trinajstić information content (AvgIpc) is 2.28. The van der Waals surface area contributed by atoms with Crippen LogP contribution in [0.15, 0.2) is 22.7 Å². The summed E-state index contributed by atoms with van der Waals surface area (Å²) in [7, 11) is 1.68. The molecule has 0 radical (unpaired) electrons. The Labute approximate surface area is 116 Å². The zero-order chi connectivity index (χ0) is 12.8. The number of hydrogen-bond acceptors (Lipinski definition) is 3. The summed E-state index contributed by atoms with van der Waals surface area (Å²) in [5, 5.41) is 0. The molecule has 0 saturated carbocycles. The van der Waals surface area contributed by atoms with Crippen molar-refractivity contribution < 1.29 is 4.74 Å². The number of rotatable bonds is 6. The standard InChI is InChI=1S/C12H17BrN2OS/c1-3-15(8-12(14)17)7-9-6-10(13)4-5-11(9)16-2/h4-6H,3,7-8H2,1-2H3,(H2,14,17). The third-order valence-corrected chi connectivity index (χ3v) is 3.09. The Kier molecular flexibility index (Phi) is 5.88. The number of thiocarbonyl (C=S) groups is 1. The van der Waals surface area contributed by atoms with Crippen LogP contribution in [0.25, 0.3) is 0 Å². The summed E-state index contributed by atoms with van der Waals surface area (Å²) in [4.78, 5) is 2.69. The van der Waals surface area contributed by atoms with Gasteiger partial charge in [0.2, 0.25) is 0 Å². The Morgan fingerprint density at radius 3 is 2.76 bits per heavy atom. The number of nitrogens with zero attached hydrogens (tertiary/aromatic N) is 1.